The third kappa shape index (κ3) is 3.49. The molecule has 1 unspecified atom stereocenters. The van der Waals surface area contributed by atoms with Crippen LogP contribution in [-0.4, -0.2) is 17.6 Å². The minimum absolute atomic E-state index is 0.125. The Balaban J connectivity index is 2.70. The largest absolute Gasteiger partial charge is 0.508 e. The molecule has 0 aliphatic rings. The molecule has 0 heterocycles. The highest BCUT2D eigenvalue weighted by molar-refractivity contribution is 5.96. The van der Waals surface area contributed by atoms with Crippen molar-refractivity contribution in [3.05, 3.63) is 29.3 Å². The van der Waals surface area contributed by atoms with E-state index in [4.69, 9.17) is 0 Å². The van der Waals surface area contributed by atoms with Gasteiger partial charge in [0.1, 0.15) is 5.75 Å². The van der Waals surface area contributed by atoms with Crippen LogP contribution in [0.5, 0.6) is 5.75 Å². The summed E-state index contributed by atoms with van der Waals surface area (Å²) in [7, 11) is 0. The fraction of sp³-hybridized carbons (Fsp3) is 0.533. The Bertz CT molecular complexity index is 433. The molecule has 1 atom stereocenters. The van der Waals surface area contributed by atoms with Crippen LogP contribution in [0, 0.1) is 18.3 Å². The van der Waals surface area contributed by atoms with E-state index in [9.17, 15) is 9.90 Å². The second-order valence-corrected chi connectivity index (χ2v) is 5.93. The van der Waals surface area contributed by atoms with Gasteiger partial charge >= 0.3 is 0 Å². The molecule has 0 radical (unpaired) electrons. The molecule has 0 aliphatic carbocycles. The van der Waals surface area contributed by atoms with Gasteiger partial charge in [0.05, 0.1) is 0 Å². The number of carbonyl (C=O) groups is 1. The van der Waals surface area contributed by atoms with Gasteiger partial charge in [0.15, 0.2) is 0 Å². The van der Waals surface area contributed by atoms with E-state index in [1.54, 1.807) is 25.1 Å². The first-order valence-corrected chi connectivity index (χ1v) is 6.30. The summed E-state index contributed by atoms with van der Waals surface area (Å²) in [6.07, 6.45) is 0. The Morgan fingerprint density at radius 3 is 2.56 bits per heavy atom. The quantitative estimate of drug-likeness (QED) is 0.864. The Morgan fingerprint density at radius 1 is 1.39 bits per heavy atom. The highest BCUT2D eigenvalue weighted by Crippen LogP contribution is 2.25. The molecule has 100 valence electrons. The van der Waals surface area contributed by atoms with E-state index in [0.717, 1.165) is 0 Å². The van der Waals surface area contributed by atoms with E-state index in [1.165, 1.54) is 0 Å². The lowest BCUT2D eigenvalue weighted by molar-refractivity contribution is 0.0936. The summed E-state index contributed by atoms with van der Waals surface area (Å²) >= 11 is 0. The predicted octanol–water partition coefficient (Wildman–Crippen LogP) is 3.11. The number of hydrogen-bond acceptors (Lipinski definition) is 2. The topological polar surface area (TPSA) is 49.3 Å². The van der Waals surface area contributed by atoms with Crippen molar-refractivity contribution in [1.82, 2.24) is 5.32 Å². The monoisotopic (exact) mass is 249 g/mol. The fourth-order valence-corrected chi connectivity index (χ4v) is 1.52. The van der Waals surface area contributed by atoms with Crippen LogP contribution in [0.1, 0.15) is 43.6 Å². The maximum Gasteiger partial charge on any atom is 0.251 e. The normalized spacial score (nSPS) is 13.2. The van der Waals surface area contributed by atoms with Crippen LogP contribution in [0.15, 0.2) is 18.2 Å². The SMILES string of the molecule is Cc1c(O)cccc1C(=O)NCC(C)C(C)(C)C. The Morgan fingerprint density at radius 2 is 2.00 bits per heavy atom. The summed E-state index contributed by atoms with van der Waals surface area (Å²) in [6.45, 7) is 11.0. The highest BCUT2D eigenvalue weighted by atomic mass is 16.3. The maximum absolute atomic E-state index is 12.0. The van der Waals surface area contributed by atoms with Gasteiger partial charge in [-0.3, -0.25) is 4.79 Å². The van der Waals surface area contributed by atoms with Crippen molar-refractivity contribution in [2.75, 3.05) is 6.54 Å². The van der Waals surface area contributed by atoms with Gasteiger partial charge < -0.3 is 10.4 Å². The molecule has 0 bridgehead atoms. The number of benzene rings is 1. The first-order valence-electron chi connectivity index (χ1n) is 6.30. The molecule has 1 aromatic rings. The number of amides is 1. The standard InChI is InChI=1S/C15H23NO2/c1-10(15(3,4)5)9-16-14(18)12-7-6-8-13(17)11(12)2/h6-8,10,17H,9H2,1-5H3,(H,16,18). The van der Waals surface area contributed by atoms with Gasteiger partial charge in [0.25, 0.3) is 5.91 Å². The molecule has 0 saturated heterocycles. The van der Waals surface area contributed by atoms with Crippen molar-refractivity contribution in [3.8, 4) is 5.75 Å². The maximum atomic E-state index is 12.0. The molecule has 0 spiro atoms. The van der Waals surface area contributed by atoms with Gasteiger partial charge in [-0.2, -0.15) is 0 Å². The first-order chi connectivity index (χ1) is 8.23. The zero-order valence-electron chi connectivity index (χ0n) is 11.9. The average molecular weight is 249 g/mol. The number of carbonyl (C=O) groups excluding carboxylic acids is 1. The predicted molar refractivity (Wildman–Crippen MR) is 73.8 cm³/mol. The molecule has 1 rings (SSSR count). The molecule has 3 nitrogen and oxygen atoms in total. The smallest absolute Gasteiger partial charge is 0.251 e. The van der Waals surface area contributed by atoms with Crippen LogP contribution in [0.25, 0.3) is 0 Å². The summed E-state index contributed by atoms with van der Waals surface area (Å²) in [4.78, 5) is 12.0. The van der Waals surface area contributed by atoms with Crippen LogP contribution in [0.3, 0.4) is 0 Å². The van der Waals surface area contributed by atoms with Gasteiger partial charge in [0.2, 0.25) is 0 Å². The van der Waals surface area contributed by atoms with Gasteiger partial charge in [-0.25, -0.2) is 0 Å². The summed E-state index contributed by atoms with van der Waals surface area (Å²) in [6, 6.07) is 5.00. The summed E-state index contributed by atoms with van der Waals surface area (Å²) in [5, 5.41) is 12.5. The van der Waals surface area contributed by atoms with Gasteiger partial charge in [0, 0.05) is 17.7 Å². The van der Waals surface area contributed by atoms with Crippen LogP contribution < -0.4 is 5.32 Å². The van der Waals surface area contributed by atoms with E-state index in [1.807, 2.05) is 0 Å². The van der Waals surface area contributed by atoms with Crippen molar-refractivity contribution in [3.63, 3.8) is 0 Å². The lowest BCUT2D eigenvalue weighted by Gasteiger charge is -2.27. The fourth-order valence-electron chi connectivity index (χ4n) is 1.52. The molecular weight excluding hydrogens is 226 g/mol. The van der Waals surface area contributed by atoms with E-state index < -0.39 is 0 Å². The van der Waals surface area contributed by atoms with Crippen molar-refractivity contribution >= 4 is 5.91 Å². The lowest BCUT2D eigenvalue weighted by Crippen LogP contribution is -2.33. The molecule has 1 aromatic carbocycles. The molecule has 18 heavy (non-hydrogen) atoms. The number of phenolic OH excluding ortho intramolecular Hbond substituents is 1. The van der Waals surface area contributed by atoms with E-state index in [0.29, 0.717) is 23.6 Å². The number of rotatable bonds is 3. The van der Waals surface area contributed by atoms with Crippen molar-refractivity contribution in [2.45, 2.75) is 34.6 Å². The second kappa shape index (κ2) is 5.42. The van der Waals surface area contributed by atoms with Crippen molar-refractivity contribution in [2.24, 2.45) is 11.3 Å². The number of aromatic hydroxyl groups is 1. The lowest BCUT2D eigenvalue weighted by atomic mass is 9.82. The first kappa shape index (κ1) is 14.6. The molecule has 0 fully saturated rings. The number of nitrogens with one attached hydrogen (secondary N) is 1. The number of phenols is 1. The molecule has 3 heteroatoms. The average Bonchev–Trinajstić information content (AvgIpc) is 2.27. The van der Waals surface area contributed by atoms with E-state index >= 15 is 0 Å². The molecule has 0 aromatic heterocycles. The van der Waals surface area contributed by atoms with E-state index in [2.05, 4.69) is 33.0 Å². The Hall–Kier alpha value is -1.51. The van der Waals surface area contributed by atoms with Gasteiger partial charge in [-0.05, 0) is 30.4 Å². The Labute approximate surface area is 109 Å². The summed E-state index contributed by atoms with van der Waals surface area (Å²) in [5.74, 6) is 0.421. The molecule has 0 aliphatic heterocycles. The minimum Gasteiger partial charge on any atom is -0.508 e. The zero-order valence-corrected chi connectivity index (χ0v) is 11.9. The van der Waals surface area contributed by atoms with Gasteiger partial charge in [-0.1, -0.05) is 33.8 Å². The Kier molecular flexibility index (Phi) is 4.38. The zero-order chi connectivity index (χ0) is 13.9. The third-order valence-corrected chi connectivity index (χ3v) is 3.60. The van der Waals surface area contributed by atoms with Crippen molar-refractivity contribution < 1.29 is 9.90 Å². The van der Waals surface area contributed by atoms with Crippen LogP contribution in [-0.2, 0) is 0 Å². The molecular formula is C15H23NO2. The van der Waals surface area contributed by atoms with Gasteiger partial charge in [-0.15, -0.1) is 0 Å². The summed E-state index contributed by atoms with van der Waals surface area (Å²) < 4.78 is 0. The van der Waals surface area contributed by atoms with Crippen LogP contribution in [0.4, 0.5) is 0 Å². The third-order valence-electron chi connectivity index (χ3n) is 3.60. The van der Waals surface area contributed by atoms with E-state index in [-0.39, 0.29) is 17.1 Å². The minimum atomic E-state index is -0.125. The number of hydrogen-bond donors (Lipinski definition) is 2. The van der Waals surface area contributed by atoms with Crippen molar-refractivity contribution in [1.29, 1.82) is 0 Å². The summed E-state index contributed by atoms with van der Waals surface area (Å²) in [5.41, 5.74) is 1.33. The van der Waals surface area contributed by atoms with Crippen LogP contribution in [0.2, 0.25) is 0 Å². The molecule has 0 saturated carbocycles. The van der Waals surface area contributed by atoms with Crippen LogP contribution >= 0.6 is 0 Å². The molecule has 2 N–H and O–H groups in total. The highest BCUT2D eigenvalue weighted by Gasteiger charge is 2.21. The molecule has 1 amide bonds. The second-order valence-electron chi connectivity index (χ2n) is 5.93.